The molecule has 6 heteroatoms. The highest BCUT2D eigenvalue weighted by Crippen LogP contribution is 2.44. The average Bonchev–Trinajstić information content (AvgIpc) is 2.97. The standard InChI is InChI=1S/C21H21N3O3/c1-13(2)11-22-18(25)12-23-19-14-7-3-4-8-15(14)21(27)24(19)17-10-6-5-9-16(17)20(23)26/h3-10,13,19H,11-12H2,1-2H3,(H,22,25)/t19-/m0/s1. The van der Waals surface area contributed by atoms with Gasteiger partial charge in [-0.3, -0.25) is 19.3 Å². The van der Waals surface area contributed by atoms with E-state index in [2.05, 4.69) is 5.32 Å². The lowest BCUT2D eigenvalue weighted by atomic mass is 10.0. The lowest BCUT2D eigenvalue weighted by Crippen LogP contribution is -2.51. The van der Waals surface area contributed by atoms with Crippen LogP contribution in [0.2, 0.25) is 0 Å². The molecule has 27 heavy (non-hydrogen) atoms. The fraction of sp³-hybridized carbons (Fsp3) is 0.286. The molecule has 0 aliphatic carbocycles. The zero-order chi connectivity index (χ0) is 19.1. The Balaban J connectivity index is 1.76. The first-order valence-electron chi connectivity index (χ1n) is 9.08. The summed E-state index contributed by atoms with van der Waals surface area (Å²) in [5.74, 6) is -0.301. The van der Waals surface area contributed by atoms with E-state index in [1.54, 1.807) is 29.2 Å². The van der Waals surface area contributed by atoms with Gasteiger partial charge in [0.25, 0.3) is 11.8 Å². The normalized spacial score (nSPS) is 17.7. The largest absolute Gasteiger partial charge is 0.354 e. The first kappa shape index (κ1) is 17.3. The van der Waals surface area contributed by atoms with Gasteiger partial charge in [-0.2, -0.15) is 0 Å². The number of anilines is 1. The molecule has 3 amide bonds. The number of nitrogens with zero attached hydrogens (tertiary/aromatic N) is 2. The van der Waals surface area contributed by atoms with Crippen LogP contribution in [-0.4, -0.2) is 35.7 Å². The summed E-state index contributed by atoms with van der Waals surface area (Å²) in [5, 5.41) is 2.85. The molecule has 138 valence electrons. The maximum absolute atomic E-state index is 13.2. The van der Waals surface area contributed by atoms with Crippen LogP contribution in [0, 0.1) is 5.92 Å². The highest BCUT2D eigenvalue weighted by Gasteiger charge is 2.47. The van der Waals surface area contributed by atoms with Gasteiger partial charge in [0.1, 0.15) is 12.7 Å². The molecule has 0 fully saturated rings. The molecule has 0 spiro atoms. The number of nitrogens with one attached hydrogen (secondary N) is 1. The first-order valence-corrected chi connectivity index (χ1v) is 9.08. The molecule has 2 aromatic carbocycles. The van der Waals surface area contributed by atoms with Gasteiger partial charge in [0.2, 0.25) is 5.91 Å². The fourth-order valence-corrected chi connectivity index (χ4v) is 3.66. The Labute approximate surface area is 157 Å². The van der Waals surface area contributed by atoms with E-state index >= 15 is 0 Å². The molecule has 2 aliphatic rings. The quantitative estimate of drug-likeness (QED) is 0.908. The molecule has 2 aliphatic heterocycles. The Hall–Kier alpha value is -3.15. The molecular formula is C21H21N3O3. The molecule has 1 N–H and O–H groups in total. The third-order valence-corrected chi connectivity index (χ3v) is 4.90. The van der Waals surface area contributed by atoms with E-state index in [1.807, 2.05) is 38.1 Å². The lowest BCUT2D eigenvalue weighted by molar-refractivity contribution is -0.122. The summed E-state index contributed by atoms with van der Waals surface area (Å²) in [5.41, 5.74) is 2.35. The first-order chi connectivity index (χ1) is 13.0. The zero-order valence-electron chi connectivity index (χ0n) is 15.3. The van der Waals surface area contributed by atoms with Crippen molar-refractivity contribution in [3.8, 4) is 0 Å². The molecule has 0 radical (unpaired) electrons. The molecule has 0 aromatic heterocycles. The minimum Gasteiger partial charge on any atom is -0.354 e. The molecule has 2 aromatic rings. The SMILES string of the molecule is CC(C)CNC(=O)CN1C(=O)c2ccccc2N2C(=O)c3ccccc3[C@@H]12. The van der Waals surface area contributed by atoms with Crippen LogP contribution >= 0.6 is 0 Å². The molecule has 0 saturated heterocycles. The minimum atomic E-state index is -0.596. The molecule has 0 bridgehead atoms. The van der Waals surface area contributed by atoms with E-state index in [9.17, 15) is 14.4 Å². The summed E-state index contributed by atoms with van der Waals surface area (Å²) in [4.78, 5) is 41.7. The van der Waals surface area contributed by atoms with Crippen LogP contribution in [0.3, 0.4) is 0 Å². The number of carbonyl (C=O) groups excluding carboxylic acids is 3. The van der Waals surface area contributed by atoms with Crippen LogP contribution in [0.25, 0.3) is 0 Å². The van der Waals surface area contributed by atoms with Crippen molar-refractivity contribution in [2.45, 2.75) is 20.0 Å². The van der Waals surface area contributed by atoms with E-state index in [0.29, 0.717) is 29.3 Å². The molecule has 1 atom stereocenters. The Kier molecular flexibility index (Phi) is 4.18. The predicted molar refractivity (Wildman–Crippen MR) is 101 cm³/mol. The van der Waals surface area contributed by atoms with Gasteiger partial charge in [-0.1, -0.05) is 44.2 Å². The van der Waals surface area contributed by atoms with Gasteiger partial charge >= 0.3 is 0 Å². The van der Waals surface area contributed by atoms with Crippen molar-refractivity contribution in [1.82, 2.24) is 10.2 Å². The van der Waals surface area contributed by atoms with Gasteiger partial charge in [0, 0.05) is 17.7 Å². The number of fused-ring (bicyclic) bond motifs is 5. The van der Waals surface area contributed by atoms with Crippen LogP contribution in [0.15, 0.2) is 48.5 Å². The number of para-hydroxylation sites is 1. The number of hydrogen-bond donors (Lipinski definition) is 1. The zero-order valence-corrected chi connectivity index (χ0v) is 15.3. The number of carbonyl (C=O) groups is 3. The highest BCUT2D eigenvalue weighted by atomic mass is 16.2. The summed E-state index contributed by atoms with van der Waals surface area (Å²) in [6.07, 6.45) is -0.596. The van der Waals surface area contributed by atoms with E-state index in [0.717, 1.165) is 5.56 Å². The number of hydrogen-bond acceptors (Lipinski definition) is 3. The third kappa shape index (κ3) is 2.77. The average molecular weight is 363 g/mol. The van der Waals surface area contributed by atoms with E-state index in [-0.39, 0.29) is 24.3 Å². The summed E-state index contributed by atoms with van der Waals surface area (Å²) in [6, 6.07) is 14.3. The molecule has 6 nitrogen and oxygen atoms in total. The van der Waals surface area contributed by atoms with E-state index < -0.39 is 6.17 Å². The van der Waals surface area contributed by atoms with Gasteiger partial charge in [0.05, 0.1) is 11.3 Å². The second kappa shape index (κ2) is 6.54. The second-order valence-electron chi connectivity index (χ2n) is 7.28. The van der Waals surface area contributed by atoms with Crippen molar-refractivity contribution in [1.29, 1.82) is 0 Å². The lowest BCUT2D eigenvalue weighted by Gasteiger charge is -2.40. The number of rotatable bonds is 4. The van der Waals surface area contributed by atoms with Crippen molar-refractivity contribution < 1.29 is 14.4 Å². The Morgan fingerprint density at radius 1 is 1.00 bits per heavy atom. The molecule has 4 rings (SSSR count). The van der Waals surface area contributed by atoms with Crippen LogP contribution in [0.1, 0.15) is 46.3 Å². The van der Waals surface area contributed by atoms with Gasteiger partial charge in [-0.25, -0.2) is 0 Å². The number of amides is 3. The topological polar surface area (TPSA) is 69.7 Å². The Morgan fingerprint density at radius 2 is 1.67 bits per heavy atom. The number of benzene rings is 2. The van der Waals surface area contributed by atoms with Crippen LogP contribution in [0.4, 0.5) is 5.69 Å². The van der Waals surface area contributed by atoms with Gasteiger partial charge < -0.3 is 10.2 Å². The molecule has 0 saturated carbocycles. The summed E-state index contributed by atoms with van der Waals surface area (Å²) in [7, 11) is 0. The fourth-order valence-electron chi connectivity index (χ4n) is 3.66. The minimum absolute atomic E-state index is 0.0946. The van der Waals surface area contributed by atoms with E-state index in [4.69, 9.17) is 0 Å². The maximum atomic E-state index is 13.2. The summed E-state index contributed by atoms with van der Waals surface area (Å²) >= 11 is 0. The molecule has 2 heterocycles. The van der Waals surface area contributed by atoms with Gasteiger partial charge in [-0.15, -0.1) is 0 Å². The molecule has 0 unspecified atom stereocenters. The van der Waals surface area contributed by atoms with Crippen molar-refractivity contribution in [2.24, 2.45) is 5.92 Å². The molecular weight excluding hydrogens is 342 g/mol. The van der Waals surface area contributed by atoms with Crippen LogP contribution in [-0.2, 0) is 4.79 Å². The second-order valence-corrected chi connectivity index (χ2v) is 7.28. The van der Waals surface area contributed by atoms with Gasteiger partial charge in [-0.05, 0) is 24.1 Å². The summed E-state index contributed by atoms with van der Waals surface area (Å²) in [6.45, 7) is 4.47. The maximum Gasteiger partial charge on any atom is 0.260 e. The van der Waals surface area contributed by atoms with Crippen LogP contribution in [0.5, 0.6) is 0 Å². The summed E-state index contributed by atoms with van der Waals surface area (Å²) < 4.78 is 0. The highest BCUT2D eigenvalue weighted by molar-refractivity contribution is 6.17. The third-order valence-electron chi connectivity index (χ3n) is 4.90. The van der Waals surface area contributed by atoms with Gasteiger partial charge in [0.15, 0.2) is 0 Å². The Bertz CT molecular complexity index is 938. The smallest absolute Gasteiger partial charge is 0.260 e. The van der Waals surface area contributed by atoms with Crippen LogP contribution < -0.4 is 10.2 Å². The van der Waals surface area contributed by atoms with E-state index in [1.165, 1.54) is 4.90 Å². The van der Waals surface area contributed by atoms with Crippen molar-refractivity contribution in [3.63, 3.8) is 0 Å². The monoisotopic (exact) mass is 363 g/mol. The van der Waals surface area contributed by atoms with Crippen molar-refractivity contribution in [3.05, 3.63) is 65.2 Å². The Morgan fingerprint density at radius 3 is 2.41 bits per heavy atom. The van der Waals surface area contributed by atoms with Crippen molar-refractivity contribution >= 4 is 23.4 Å². The van der Waals surface area contributed by atoms with Crippen molar-refractivity contribution in [2.75, 3.05) is 18.0 Å². The predicted octanol–water partition coefficient (Wildman–Crippen LogP) is 2.57.